The third-order valence-electron chi connectivity index (χ3n) is 3.80. The molecule has 0 N–H and O–H groups in total. The number of carbonyl (C=O) groups excluding carboxylic acids is 2. The van der Waals surface area contributed by atoms with Crippen molar-refractivity contribution in [1.82, 2.24) is 0 Å². The van der Waals surface area contributed by atoms with E-state index in [0.29, 0.717) is 40.3 Å². The zero-order valence-corrected chi connectivity index (χ0v) is 13.6. The van der Waals surface area contributed by atoms with E-state index >= 15 is 0 Å². The lowest BCUT2D eigenvalue weighted by Gasteiger charge is -2.18. The summed E-state index contributed by atoms with van der Waals surface area (Å²) in [5.41, 5.74) is 1.31. The number of carbonyl (C=O) groups is 2. The van der Waals surface area contributed by atoms with Crippen molar-refractivity contribution in [2.75, 3.05) is 18.1 Å². The van der Waals surface area contributed by atoms with Gasteiger partial charge in [0.1, 0.15) is 18.5 Å². The minimum atomic E-state index is -0.325. The van der Waals surface area contributed by atoms with Crippen LogP contribution in [0, 0.1) is 0 Å². The lowest BCUT2D eigenvalue weighted by Crippen LogP contribution is -2.29. The van der Waals surface area contributed by atoms with Crippen molar-refractivity contribution in [3.8, 4) is 5.75 Å². The maximum absolute atomic E-state index is 12.6. The SMILES string of the molecule is O=C1c2ccccc2C(=O)N1c1cccc(OCC2CO2)c1Br. The predicted molar refractivity (Wildman–Crippen MR) is 87.0 cm³/mol. The minimum absolute atomic E-state index is 0.130. The summed E-state index contributed by atoms with van der Waals surface area (Å²) in [7, 11) is 0. The van der Waals surface area contributed by atoms with E-state index in [1.165, 1.54) is 4.90 Å². The number of hydrogen-bond donors (Lipinski definition) is 0. The van der Waals surface area contributed by atoms with Crippen molar-refractivity contribution in [2.45, 2.75) is 6.10 Å². The van der Waals surface area contributed by atoms with Crippen LogP contribution in [0.1, 0.15) is 20.7 Å². The third kappa shape index (κ3) is 2.44. The molecule has 6 heteroatoms. The number of rotatable bonds is 4. The first-order chi connectivity index (χ1) is 11.2. The molecule has 1 atom stereocenters. The molecule has 0 aromatic heterocycles. The smallest absolute Gasteiger partial charge is 0.266 e. The van der Waals surface area contributed by atoms with Gasteiger partial charge in [-0.25, -0.2) is 4.90 Å². The number of epoxide rings is 1. The molecule has 4 rings (SSSR count). The summed E-state index contributed by atoms with van der Waals surface area (Å²) in [6, 6.07) is 12.1. The van der Waals surface area contributed by atoms with E-state index in [4.69, 9.17) is 9.47 Å². The molecule has 1 unspecified atom stereocenters. The van der Waals surface area contributed by atoms with Crippen molar-refractivity contribution in [3.63, 3.8) is 0 Å². The van der Waals surface area contributed by atoms with Crippen LogP contribution >= 0.6 is 15.9 Å². The molecule has 0 saturated carbocycles. The summed E-state index contributed by atoms with van der Waals surface area (Å²) in [6.07, 6.45) is 0.130. The molecule has 2 aliphatic rings. The summed E-state index contributed by atoms with van der Waals surface area (Å²) in [5.74, 6) is -0.0718. The standard InChI is InChI=1S/C17H12BrNO4/c18-15-13(6-3-7-14(15)23-9-10-8-22-10)19-16(20)11-4-1-2-5-12(11)17(19)21/h1-7,10H,8-9H2. The molecule has 0 radical (unpaired) electrons. The van der Waals surface area contributed by atoms with Crippen LogP contribution in [0.25, 0.3) is 0 Å². The number of imide groups is 1. The molecular formula is C17H12BrNO4. The van der Waals surface area contributed by atoms with E-state index in [1.807, 2.05) is 0 Å². The van der Waals surface area contributed by atoms with E-state index in [9.17, 15) is 9.59 Å². The summed E-state index contributed by atoms with van der Waals surface area (Å²) in [5, 5.41) is 0. The highest BCUT2D eigenvalue weighted by atomic mass is 79.9. The second-order valence-corrected chi connectivity index (χ2v) is 6.14. The number of hydrogen-bond acceptors (Lipinski definition) is 4. The molecule has 2 aliphatic heterocycles. The molecule has 2 amide bonds. The van der Waals surface area contributed by atoms with Crippen LogP contribution in [-0.4, -0.2) is 31.1 Å². The summed E-state index contributed by atoms with van der Waals surface area (Å²) in [4.78, 5) is 26.3. The van der Waals surface area contributed by atoms with E-state index < -0.39 is 0 Å². The van der Waals surface area contributed by atoms with Gasteiger partial charge in [0.15, 0.2) is 0 Å². The van der Waals surface area contributed by atoms with Gasteiger partial charge in [0, 0.05) is 0 Å². The first-order valence-corrected chi connectivity index (χ1v) is 7.97. The van der Waals surface area contributed by atoms with Crippen LogP contribution in [0.4, 0.5) is 5.69 Å². The molecule has 23 heavy (non-hydrogen) atoms. The number of halogens is 1. The topological polar surface area (TPSA) is 59.1 Å². The Kier molecular flexibility index (Phi) is 3.43. The van der Waals surface area contributed by atoms with Crippen LogP contribution in [0.5, 0.6) is 5.75 Å². The quantitative estimate of drug-likeness (QED) is 0.610. The van der Waals surface area contributed by atoms with Gasteiger partial charge < -0.3 is 9.47 Å². The number of benzene rings is 2. The number of ether oxygens (including phenoxy) is 2. The van der Waals surface area contributed by atoms with E-state index in [2.05, 4.69) is 15.9 Å². The van der Waals surface area contributed by atoms with Gasteiger partial charge in [-0.15, -0.1) is 0 Å². The zero-order chi connectivity index (χ0) is 16.0. The Bertz CT molecular complexity index is 781. The number of anilines is 1. The molecule has 2 heterocycles. The molecule has 1 fully saturated rings. The van der Waals surface area contributed by atoms with Gasteiger partial charge in [-0.2, -0.15) is 0 Å². The Labute approximate surface area is 140 Å². The predicted octanol–water partition coefficient (Wildman–Crippen LogP) is 3.03. The third-order valence-corrected chi connectivity index (χ3v) is 4.60. The molecular weight excluding hydrogens is 362 g/mol. The van der Waals surface area contributed by atoms with Crippen LogP contribution < -0.4 is 9.64 Å². The van der Waals surface area contributed by atoms with Gasteiger partial charge in [0.05, 0.1) is 27.9 Å². The van der Waals surface area contributed by atoms with Gasteiger partial charge >= 0.3 is 0 Å². The van der Waals surface area contributed by atoms with E-state index in [1.54, 1.807) is 42.5 Å². The fourth-order valence-corrected chi connectivity index (χ4v) is 3.09. The summed E-state index contributed by atoms with van der Waals surface area (Å²) >= 11 is 3.45. The van der Waals surface area contributed by atoms with Gasteiger partial charge in [0.2, 0.25) is 0 Å². The molecule has 5 nitrogen and oxygen atoms in total. The van der Waals surface area contributed by atoms with Crippen molar-refractivity contribution >= 4 is 33.4 Å². The average Bonchev–Trinajstić information content (AvgIpc) is 3.35. The first-order valence-electron chi connectivity index (χ1n) is 7.17. The van der Waals surface area contributed by atoms with Crippen molar-refractivity contribution < 1.29 is 19.1 Å². The Morgan fingerprint density at radius 1 is 1.09 bits per heavy atom. The Balaban J connectivity index is 1.69. The van der Waals surface area contributed by atoms with Crippen molar-refractivity contribution in [2.24, 2.45) is 0 Å². The van der Waals surface area contributed by atoms with Crippen molar-refractivity contribution in [3.05, 3.63) is 58.1 Å². The minimum Gasteiger partial charge on any atom is -0.490 e. The molecule has 2 aromatic rings. The summed E-state index contributed by atoms with van der Waals surface area (Å²) in [6.45, 7) is 1.15. The van der Waals surface area contributed by atoms with Crippen LogP contribution in [0.15, 0.2) is 46.9 Å². The van der Waals surface area contributed by atoms with Gasteiger partial charge in [-0.3, -0.25) is 9.59 Å². The van der Waals surface area contributed by atoms with Crippen LogP contribution in [0.3, 0.4) is 0 Å². The zero-order valence-electron chi connectivity index (χ0n) is 12.0. The fraction of sp³-hybridized carbons (Fsp3) is 0.176. The molecule has 0 aliphatic carbocycles. The maximum Gasteiger partial charge on any atom is 0.266 e. The molecule has 0 spiro atoms. The van der Waals surface area contributed by atoms with Crippen LogP contribution in [-0.2, 0) is 4.74 Å². The average molecular weight is 374 g/mol. The highest BCUT2D eigenvalue weighted by molar-refractivity contribution is 9.10. The van der Waals surface area contributed by atoms with Crippen molar-refractivity contribution in [1.29, 1.82) is 0 Å². The first kappa shape index (κ1) is 14.4. The van der Waals surface area contributed by atoms with Gasteiger partial charge in [0.25, 0.3) is 11.8 Å². The van der Waals surface area contributed by atoms with E-state index in [0.717, 1.165) is 0 Å². The molecule has 2 aromatic carbocycles. The number of fused-ring (bicyclic) bond motifs is 1. The van der Waals surface area contributed by atoms with Gasteiger partial charge in [-0.05, 0) is 40.2 Å². The second-order valence-electron chi connectivity index (χ2n) is 5.35. The van der Waals surface area contributed by atoms with Gasteiger partial charge in [-0.1, -0.05) is 18.2 Å². The summed E-state index contributed by atoms with van der Waals surface area (Å²) < 4.78 is 11.4. The molecule has 1 saturated heterocycles. The molecule has 116 valence electrons. The highest BCUT2D eigenvalue weighted by Gasteiger charge is 2.37. The number of amides is 2. The molecule has 0 bridgehead atoms. The second kappa shape index (κ2) is 5.47. The Morgan fingerprint density at radius 2 is 1.74 bits per heavy atom. The Morgan fingerprint density at radius 3 is 2.35 bits per heavy atom. The lowest BCUT2D eigenvalue weighted by atomic mass is 10.1. The number of nitrogens with zero attached hydrogens (tertiary/aromatic N) is 1. The Hall–Kier alpha value is -2.18. The van der Waals surface area contributed by atoms with E-state index in [-0.39, 0.29) is 17.9 Å². The maximum atomic E-state index is 12.6. The highest BCUT2D eigenvalue weighted by Crippen LogP contribution is 2.38. The monoisotopic (exact) mass is 373 g/mol. The lowest BCUT2D eigenvalue weighted by molar-refractivity contribution is 0.0926. The van der Waals surface area contributed by atoms with Crippen LogP contribution in [0.2, 0.25) is 0 Å². The fourth-order valence-electron chi connectivity index (χ4n) is 2.54. The largest absolute Gasteiger partial charge is 0.490 e. The normalized spacial score (nSPS) is 19.0.